The Morgan fingerprint density at radius 1 is 1.21 bits per heavy atom. The molecular formula is C24H30O9. The van der Waals surface area contributed by atoms with E-state index in [0.29, 0.717) is 36.1 Å². The molecule has 0 unspecified atom stereocenters. The van der Waals surface area contributed by atoms with Crippen LogP contribution in [0.3, 0.4) is 0 Å². The van der Waals surface area contributed by atoms with Crippen LogP contribution in [0.4, 0.5) is 4.79 Å². The van der Waals surface area contributed by atoms with Crippen LogP contribution in [0.5, 0.6) is 11.5 Å². The monoisotopic (exact) mass is 462 g/mol. The van der Waals surface area contributed by atoms with Crippen molar-refractivity contribution in [2.75, 3.05) is 20.3 Å². The van der Waals surface area contributed by atoms with Crippen LogP contribution in [-0.4, -0.2) is 49.6 Å². The average molecular weight is 462 g/mol. The number of fused-ring (bicyclic) bond motifs is 1. The molecule has 1 aromatic carbocycles. The van der Waals surface area contributed by atoms with E-state index in [2.05, 4.69) is 18.6 Å². The van der Waals surface area contributed by atoms with E-state index in [-0.39, 0.29) is 43.5 Å². The van der Waals surface area contributed by atoms with Gasteiger partial charge in [-0.25, -0.2) is 9.59 Å². The molecule has 0 amide bonds. The van der Waals surface area contributed by atoms with Gasteiger partial charge in [-0.1, -0.05) is 11.6 Å². The maximum atomic E-state index is 12.0. The van der Waals surface area contributed by atoms with Gasteiger partial charge in [-0.05, 0) is 46.1 Å². The Morgan fingerprint density at radius 3 is 2.58 bits per heavy atom. The highest BCUT2D eigenvalue weighted by Gasteiger charge is 2.31. The van der Waals surface area contributed by atoms with Crippen molar-refractivity contribution in [2.45, 2.75) is 52.2 Å². The van der Waals surface area contributed by atoms with Gasteiger partial charge in [0.25, 0.3) is 0 Å². The van der Waals surface area contributed by atoms with E-state index >= 15 is 0 Å². The van der Waals surface area contributed by atoms with Crippen LogP contribution in [0, 0.1) is 20.8 Å². The SMILES string of the molecule is [CH2]C([CH2])OC(=O)OCCCOC(=O)CC/C(C)=C/Cc1c(O)c2c(c(C)c1OC)COC2=O. The number of carbonyl (C=O) groups excluding carboxylic acids is 3. The quantitative estimate of drug-likeness (QED) is 0.227. The number of benzene rings is 1. The zero-order valence-corrected chi connectivity index (χ0v) is 19.2. The number of hydrogen-bond acceptors (Lipinski definition) is 9. The fourth-order valence-corrected chi connectivity index (χ4v) is 3.35. The van der Waals surface area contributed by atoms with Gasteiger partial charge in [0.05, 0.1) is 20.3 Å². The number of cyclic esters (lactones) is 1. The third-order valence-electron chi connectivity index (χ3n) is 5.06. The van der Waals surface area contributed by atoms with E-state index in [1.165, 1.54) is 7.11 Å². The lowest BCUT2D eigenvalue weighted by atomic mass is 9.94. The van der Waals surface area contributed by atoms with Crippen LogP contribution < -0.4 is 4.74 Å². The highest BCUT2D eigenvalue weighted by Crippen LogP contribution is 2.42. The van der Waals surface area contributed by atoms with Crippen molar-refractivity contribution in [3.05, 3.63) is 47.8 Å². The number of esters is 2. The Kier molecular flexibility index (Phi) is 9.57. The van der Waals surface area contributed by atoms with Gasteiger partial charge in [0.15, 0.2) is 0 Å². The fourth-order valence-electron chi connectivity index (χ4n) is 3.35. The average Bonchev–Trinajstić information content (AvgIpc) is 3.14. The van der Waals surface area contributed by atoms with Crippen molar-refractivity contribution < 1.29 is 43.2 Å². The summed E-state index contributed by atoms with van der Waals surface area (Å²) >= 11 is 0. The maximum absolute atomic E-state index is 12.0. The lowest BCUT2D eigenvalue weighted by Crippen LogP contribution is -2.15. The second kappa shape index (κ2) is 12.1. The van der Waals surface area contributed by atoms with Gasteiger partial charge < -0.3 is 28.8 Å². The molecule has 9 heteroatoms. The van der Waals surface area contributed by atoms with E-state index < -0.39 is 18.2 Å². The number of ether oxygens (including phenoxy) is 5. The number of phenolic OH excluding ortho intramolecular Hbond substituents is 1. The summed E-state index contributed by atoms with van der Waals surface area (Å²) in [6.45, 7) is 10.8. The fraction of sp³-hybridized carbons (Fsp3) is 0.458. The van der Waals surface area contributed by atoms with Crippen LogP contribution in [0.15, 0.2) is 11.6 Å². The van der Waals surface area contributed by atoms with Gasteiger partial charge in [-0.2, -0.15) is 0 Å². The highest BCUT2D eigenvalue weighted by atomic mass is 16.7. The predicted molar refractivity (Wildman–Crippen MR) is 118 cm³/mol. The van der Waals surface area contributed by atoms with E-state index in [9.17, 15) is 19.5 Å². The van der Waals surface area contributed by atoms with E-state index in [1.54, 1.807) is 0 Å². The minimum atomic E-state index is -0.866. The van der Waals surface area contributed by atoms with Crippen molar-refractivity contribution in [1.29, 1.82) is 0 Å². The molecule has 0 saturated carbocycles. The third kappa shape index (κ3) is 7.13. The van der Waals surface area contributed by atoms with Crippen molar-refractivity contribution in [3.63, 3.8) is 0 Å². The summed E-state index contributed by atoms with van der Waals surface area (Å²) in [5.74, 6) is -0.544. The molecule has 1 heterocycles. The molecule has 1 aromatic rings. The molecule has 9 nitrogen and oxygen atoms in total. The van der Waals surface area contributed by atoms with Crippen molar-refractivity contribution in [1.82, 2.24) is 0 Å². The Bertz CT molecular complexity index is 915. The second-order valence-corrected chi connectivity index (χ2v) is 7.58. The molecule has 0 fully saturated rings. The highest BCUT2D eigenvalue weighted by molar-refractivity contribution is 5.98. The Balaban J connectivity index is 1.82. The van der Waals surface area contributed by atoms with Crippen LogP contribution in [0.1, 0.15) is 53.2 Å². The molecule has 0 spiro atoms. The van der Waals surface area contributed by atoms with Gasteiger partial charge >= 0.3 is 18.1 Å². The lowest BCUT2D eigenvalue weighted by molar-refractivity contribution is -0.143. The number of allylic oxidation sites excluding steroid dienone is 2. The summed E-state index contributed by atoms with van der Waals surface area (Å²) < 4.78 is 25.0. The smallest absolute Gasteiger partial charge is 0.507 e. The molecule has 0 aromatic heterocycles. The second-order valence-electron chi connectivity index (χ2n) is 7.58. The number of rotatable bonds is 11. The summed E-state index contributed by atoms with van der Waals surface area (Å²) in [7, 11) is 1.51. The molecular weight excluding hydrogens is 432 g/mol. The molecule has 0 atom stereocenters. The zero-order chi connectivity index (χ0) is 24.5. The van der Waals surface area contributed by atoms with Crippen molar-refractivity contribution >= 4 is 18.1 Å². The Morgan fingerprint density at radius 2 is 1.91 bits per heavy atom. The third-order valence-corrected chi connectivity index (χ3v) is 5.06. The zero-order valence-electron chi connectivity index (χ0n) is 19.2. The molecule has 1 aliphatic rings. The molecule has 0 saturated heterocycles. The van der Waals surface area contributed by atoms with Gasteiger partial charge in [0.1, 0.15) is 29.8 Å². The van der Waals surface area contributed by atoms with Crippen molar-refractivity contribution in [3.8, 4) is 11.5 Å². The van der Waals surface area contributed by atoms with Crippen LogP contribution in [-0.2, 0) is 36.8 Å². The predicted octanol–water partition coefficient (Wildman–Crippen LogP) is 3.77. The van der Waals surface area contributed by atoms with E-state index in [4.69, 9.17) is 18.9 Å². The summed E-state index contributed by atoms with van der Waals surface area (Å²) in [4.78, 5) is 35.1. The van der Waals surface area contributed by atoms with Crippen LogP contribution in [0.2, 0.25) is 0 Å². The first-order chi connectivity index (χ1) is 15.6. The molecule has 2 radical (unpaired) electrons. The summed E-state index contributed by atoms with van der Waals surface area (Å²) in [5.41, 5.74) is 2.99. The molecule has 33 heavy (non-hydrogen) atoms. The lowest BCUT2D eigenvalue weighted by Gasteiger charge is -2.15. The van der Waals surface area contributed by atoms with Crippen LogP contribution in [0.25, 0.3) is 0 Å². The van der Waals surface area contributed by atoms with Gasteiger partial charge in [0, 0.05) is 24.0 Å². The number of methoxy groups -OCH3 is 1. The van der Waals surface area contributed by atoms with E-state index in [0.717, 1.165) is 11.1 Å². The van der Waals surface area contributed by atoms with Gasteiger partial charge in [-0.15, -0.1) is 0 Å². The van der Waals surface area contributed by atoms with Gasteiger partial charge in [-0.3, -0.25) is 4.79 Å². The first kappa shape index (κ1) is 26.0. The topological polar surface area (TPSA) is 118 Å². The molecule has 0 aliphatic carbocycles. The number of carbonyl (C=O) groups is 3. The van der Waals surface area contributed by atoms with E-state index in [1.807, 2.05) is 19.9 Å². The first-order valence-corrected chi connectivity index (χ1v) is 10.5. The number of aromatic hydroxyl groups is 1. The van der Waals surface area contributed by atoms with Crippen molar-refractivity contribution in [2.24, 2.45) is 0 Å². The minimum Gasteiger partial charge on any atom is -0.507 e. The molecule has 0 bridgehead atoms. The normalized spacial score (nSPS) is 12.9. The first-order valence-electron chi connectivity index (χ1n) is 10.5. The molecule has 1 aliphatic heterocycles. The number of phenols is 1. The summed E-state index contributed by atoms with van der Waals surface area (Å²) in [5, 5.41) is 10.6. The Hall–Kier alpha value is -3.23. The molecule has 2 rings (SSSR count). The summed E-state index contributed by atoms with van der Waals surface area (Å²) in [6.07, 6.45) is 1.56. The minimum absolute atomic E-state index is 0.0524. The summed E-state index contributed by atoms with van der Waals surface area (Å²) in [6, 6.07) is 0. The van der Waals surface area contributed by atoms with Gasteiger partial charge in [0.2, 0.25) is 0 Å². The standard InChI is InChI=1S/C24H30O9/c1-14(2)33-24(28)31-12-6-11-30-19(25)10-8-15(3)7-9-17-21(26)20-18(13-32-23(20)27)16(4)22(17)29-5/h7,14,26H,1-2,6,8-13H2,3-5H3/b15-7+. The van der Waals surface area contributed by atoms with Crippen LogP contribution >= 0.6 is 0 Å². The maximum Gasteiger partial charge on any atom is 0.508 e. The largest absolute Gasteiger partial charge is 0.508 e. The number of hydrogen-bond donors (Lipinski definition) is 1. The molecule has 180 valence electrons. The Labute approximate surface area is 193 Å². The molecule has 1 N–H and O–H groups in total.